The van der Waals surface area contributed by atoms with Gasteiger partial charge in [0.25, 0.3) is 5.56 Å². The van der Waals surface area contributed by atoms with Gasteiger partial charge in [-0.15, -0.1) is 5.10 Å². The molecule has 9 heteroatoms. The molecule has 1 saturated heterocycles. The average Bonchev–Trinajstić information content (AvgIpc) is 3.02. The molecule has 0 atom stereocenters. The molecule has 0 saturated carbocycles. The summed E-state index contributed by atoms with van der Waals surface area (Å²) >= 11 is 6.22. The van der Waals surface area contributed by atoms with Gasteiger partial charge in [0.15, 0.2) is 10.7 Å². The fourth-order valence-corrected chi connectivity index (χ4v) is 3.40. The van der Waals surface area contributed by atoms with Crippen molar-refractivity contribution in [2.75, 3.05) is 13.2 Å². The van der Waals surface area contributed by atoms with Gasteiger partial charge < -0.3 is 9.47 Å². The lowest BCUT2D eigenvalue weighted by Crippen LogP contribution is -2.25. The average molecular weight is 393 g/mol. The first kappa shape index (κ1) is 17.9. The summed E-state index contributed by atoms with van der Waals surface area (Å²) in [5.41, 5.74) is 0.656. The van der Waals surface area contributed by atoms with Crippen LogP contribution in [0.3, 0.4) is 0 Å². The summed E-state index contributed by atoms with van der Waals surface area (Å²) in [5.74, 6) is 0.436. The Morgan fingerprint density at radius 2 is 2.00 bits per heavy atom. The summed E-state index contributed by atoms with van der Waals surface area (Å²) in [4.78, 5) is 17.1. The van der Waals surface area contributed by atoms with Crippen LogP contribution < -0.4 is 10.3 Å². The summed E-state index contributed by atoms with van der Waals surface area (Å²) in [5, 5.41) is 4.59. The number of fused-ring (bicyclic) bond motifs is 1. The normalized spacial score (nSPS) is 15.4. The quantitative estimate of drug-likeness (QED) is 0.682. The van der Waals surface area contributed by atoms with Crippen molar-refractivity contribution in [1.82, 2.24) is 19.2 Å². The maximum Gasteiger partial charge on any atom is 0.317 e. The minimum Gasteiger partial charge on any atom is -0.459 e. The van der Waals surface area contributed by atoms with Crippen LogP contribution in [0.5, 0.6) is 6.01 Å². The van der Waals surface area contributed by atoms with Gasteiger partial charge >= 0.3 is 6.01 Å². The maximum atomic E-state index is 13.0. The highest BCUT2D eigenvalue weighted by Crippen LogP contribution is 2.28. The van der Waals surface area contributed by atoms with E-state index < -0.39 is 0 Å². The topological polar surface area (TPSA) is 70.7 Å². The zero-order valence-corrected chi connectivity index (χ0v) is 15.4. The van der Waals surface area contributed by atoms with Crippen molar-refractivity contribution >= 4 is 17.1 Å². The second kappa shape index (κ2) is 7.28. The Bertz CT molecular complexity index is 1030. The van der Waals surface area contributed by atoms with Gasteiger partial charge in [-0.05, 0) is 30.5 Å². The molecule has 1 aliphatic heterocycles. The standard InChI is InChI=1S/C18H18ClFN4O3/c1-23-17(25)14-15(19)21-16(12-6-8-26-9-7-12)24(14)22-18(23)27-10-11-2-4-13(20)5-3-11/h2-5,12H,6-10H2,1H3. The molecule has 3 aromatic rings. The summed E-state index contributed by atoms with van der Waals surface area (Å²) in [6.45, 7) is 1.42. The van der Waals surface area contributed by atoms with Crippen LogP contribution in [0.15, 0.2) is 29.1 Å². The summed E-state index contributed by atoms with van der Waals surface area (Å²) in [6.07, 6.45) is 1.58. The number of nitrogens with zero attached hydrogens (tertiary/aromatic N) is 4. The van der Waals surface area contributed by atoms with E-state index in [9.17, 15) is 9.18 Å². The first-order chi connectivity index (χ1) is 13.0. The number of hydrogen-bond acceptors (Lipinski definition) is 5. The van der Waals surface area contributed by atoms with Crippen molar-refractivity contribution in [2.24, 2.45) is 7.05 Å². The van der Waals surface area contributed by atoms with Gasteiger partial charge in [0.1, 0.15) is 18.2 Å². The van der Waals surface area contributed by atoms with Crippen molar-refractivity contribution in [3.8, 4) is 6.01 Å². The Labute approximate surface area is 159 Å². The number of benzene rings is 1. The lowest BCUT2D eigenvalue weighted by Gasteiger charge is -2.20. The van der Waals surface area contributed by atoms with Crippen LogP contribution >= 0.6 is 11.6 Å². The smallest absolute Gasteiger partial charge is 0.317 e. The van der Waals surface area contributed by atoms with E-state index in [4.69, 9.17) is 21.1 Å². The molecule has 4 rings (SSSR count). The van der Waals surface area contributed by atoms with Gasteiger partial charge in [-0.1, -0.05) is 23.7 Å². The second-order valence-electron chi connectivity index (χ2n) is 6.47. The minimum atomic E-state index is -0.338. The van der Waals surface area contributed by atoms with E-state index in [1.54, 1.807) is 19.2 Å². The van der Waals surface area contributed by atoms with Gasteiger partial charge in [0.05, 0.1) is 0 Å². The summed E-state index contributed by atoms with van der Waals surface area (Å²) in [7, 11) is 1.56. The third-order valence-corrected chi connectivity index (χ3v) is 4.95. The number of imidazole rings is 1. The number of aromatic nitrogens is 4. The molecular weight excluding hydrogens is 375 g/mol. The van der Waals surface area contributed by atoms with Crippen molar-refractivity contribution in [2.45, 2.75) is 25.4 Å². The first-order valence-corrected chi connectivity index (χ1v) is 9.02. The van der Waals surface area contributed by atoms with Crippen molar-refractivity contribution in [3.05, 3.63) is 57.0 Å². The SMILES string of the molecule is Cn1c(OCc2ccc(F)cc2)nn2c(C3CCOCC3)nc(Cl)c2c1=O. The Hall–Kier alpha value is -2.45. The Balaban J connectivity index is 1.71. The van der Waals surface area contributed by atoms with E-state index >= 15 is 0 Å². The highest BCUT2D eigenvalue weighted by Gasteiger charge is 2.25. The van der Waals surface area contributed by atoms with Gasteiger partial charge in [0, 0.05) is 26.2 Å². The molecule has 0 bridgehead atoms. The predicted octanol–water partition coefficient (Wildman–Crippen LogP) is 2.69. The molecule has 7 nitrogen and oxygen atoms in total. The van der Waals surface area contributed by atoms with E-state index in [0.29, 0.717) is 19.0 Å². The number of halogens is 2. The molecule has 0 spiro atoms. The number of ether oxygens (including phenoxy) is 2. The Morgan fingerprint density at radius 3 is 2.70 bits per heavy atom. The second-order valence-corrected chi connectivity index (χ2v) is 6.83. The van der Waals surface area contributed by atoms with Gasteiger partial charge in [-0.3, -0.25) is 9.36 Å². The van der Waals surface area contributed by atoms with Crippen molar-refractivity contribution < 1.29 is 13.9 Å². The van der Waals surface area contributed by atoms with Crippen LogP contribution in [0.25, 0.3) is 5.52 Å². The maximum absolute atomic E-state index is 13.0. The van der Waals surface area contributed by atoms with E-state index in [-0.39, 0.29) is 40.6 Å². The van der Waals surface area contributed by atoms with Crippen LogP contribution in [0.4, 0.5) is 4.39 Å². The lowest BCUT2D eigenvalue weighted by molar-refractivity contribution is 0.0832. The fourth-order valence-electron chi connectivity index (χ4n) is 3.16. The number of hydrogen-bond donors (Lipinski definition) is 0. The number of rotatable bonds is 4. The highest BCUT2D eigenvalue weighted by atomic mass is 35.5. The molecule has 1 aromatic carbocycles. The van der Waals surface area contributed by atoms with Crippen LogP contribution in [-0.2, 0) is 18.4 Å². The molecule has 0 aliphatic carbocycles. The minimum absolute atomic E-state index is 0.114. The van der Waals surface area contributed by atoms with E-state index in [0.717, 1.165) is 18.4 Å². The summed E-state index contributed by atoms with van der Waals surface area (Å²) < 4.78 is 26.9. The Kier molecular flexibility index (Phi) is 4.84. The Morgan fingerprint density at radius 1 is 1.30 bits per heavy atom. The highest BCUT2D eigenvalue weighted by molar-refractivity contribution is 6.32. The molecule has 0 unspecified atom stereocenters. The molecule has 0 amide bonds. The van der Waals surface area contributed by atoms with E-state index in [1.165, 1.54) is 21.2 Å². The molecule has 0 radical (unpaired) electrons. The van der Waals surface area contributed by atoms with Gasteiger partial charge in [0.2, 0.25) is 0 Å². The van der Waals surface area contributed by atoms with Gasteiger partial charge in [-0.25, -0.2) is 13.9 Å². The molecule has 0 N–H and O–H groups in total. The molecule has 1 aliphatic rings. The predicted molar refractivity (Wildman–Crippen MR) is 96.8 cm³/mol. The molecule has 142 valence electrons. The summed E-state index contributed by atoms with van der Waals surface area (Å²) in [6, 6.07) is 6.08. The largest absolute Gasteiger partial charge is 0.459 e. The third-order valence-electron chi connectivity index (χ3n) is 4.68. The van der Waals surface area contributed by atoms with E-state index in [1.807, 2.05) is 0 Å². The van der Waals surface area contributed by atoms with Crippen molar-refractivity contribution in [3.63, 3.8) is 0 Å². The molecule has 27 heavy (non-hydrogen) atoms. The first-order valence-electron chi connectivity index (χ1n) is 8.64. The van der Waals surface area contributed by atoms with Crippen LogP contribution in [0.1, 0.15) is 30.1 Å². The van der Waals surface area contributed by atoms with Crippen LogP contribution in [0.2, 0.25) is 5.15 Å². The molecular formula is C18H18ClFN4O3. The monoisotopic (exact) mass is 392 g/mol. The zero-order valence-electron chi connectivity index (χ0n) is 14.7. The van der Waals surface area contributed by atoms with E-state index in [2.05, 4.69) is 10.1 Å². The van der Waals surface area contributed by atoms with Crippen molar-refractivity contribution in [1.29, 1.82) is 0 Å². The van der Waals surface area contributed by atoms with Gasteiger partial charge in [-0.2, -0.15) is 0 Å². The van der Waals surface area contributed by atoms with Crippen LogP contribution in [-0.4, -0.2) is 32.4 Å². The molecule has 3 heterocycles. The fraction of sp³-hybridized carbons (Fsp3) is 0.389. The van der Waals surface area contributed by atoms with Crippen LogP contribution in [0, 0.1) is 5.82 Å². The molecule has 2 aromatic heterocycles. The third kappa shape index (κ3) is 3.42. The zero-order chi connectivity index (χ0) is 19.0. The molecule has 1 fully saturated rings. The lowest BCUT2D eigenvalue weighted by atomic mass is 10.00.